The van der Waals surface area contributed by atoms with E-state index in [9.17, 15) is 4.79 Å². The number of carbonyl (C=O) groups excluding carboxylic acids is 1. The molecule has 1 amide bonds. The van der Waals surface area contributed by atoms with Gasteiger partial charge in [0.2, 0.25) is 0 Å². The molecule has 4 nitrogen and oxygen atoms in total. The van der Waals surface area contributed by atoms with Gasteiger partial charge in [-0.3, -0.25) is 9.78 Å². The van der Waals surface area contributed by atoms with E-state index in [1.54, 1.807) is 29.7 Å². The van der Waals surface area contributed by atoms with Crippen LogP contribution < -0.4 is 11.1 Å². The van der Waals surface area contributed by atoms with Crippen LogP contribution in [0.25, 0.3) is 0 Å². The number of carbonyl (C=O) groups is 1. The van der Waals surface area contributed by atoms with Crippen LogP contribution in [0.5, 0.6) is 0 Å². The van der Waals surface area contributed by atoms with Crippen LogP contribution >= 0.6 is 11.3 Å². The smallest absolute Gasteiger partial charge is 0.251 e. The van der Waals surface area contributed by atoms with Gasteiger partial charge in [-0.25, -0.2) is 0 Å². The highest BCUT2D eigenvalue weighted by Crippen LogP contribution is 2.15. The number of hydrogen-bond donors (Lipinski definition) is 2. The minimum atomic E-state index is -0.110. The molecule has 0 atom stereocenters. The second-order valence-electron chi connectivity index (χ2n) is 4.13. The fourth-order valence-electron chi connectivity index (χ4n) is 1.68. The summed E-state index contributed by atoms with van der Waals surface area (Å²) in [5.74, 6) is 5.71. The first-order valence-electron chi connectivity index (χ1n) is 6.17. The summed E-state index contributed by atoms with van der Waals surface area (Å²) in [6.07, 6.45) is 1.63. The molecule has 0 aliphatic rings. The molecule has 0 aliphatic heterocycles. The topological polar surface area (TPSA) is 68.0 Å². The fraction of sp³-hybridized carbons (Fsp3) is 0.200. The van der Waals surface area contributed by atoms with E-state index >= 15 is 0 Å². The first kappa shape index (κ1) is 14.3. The highest BCUT2D eigenvalue weighted by Gasteiger charge is 2.07. The van der Waals surface area contributed by atoms with Crippen molar-refractivity contribution in [3.63, 3.8) is 0 Å². The van der Waals surface area contributed by atoms with Crippen LogP contribution in [0.2, 0.25) is 0 Å². The van der Waals surface area contributed by atoms with Gasteiger partial charge in [-0.2, -0.15) is 0 Å². The minimum absolute atomic E-state index is 0.110. The zero-order valence-corrected chi connectivity index (χ0v) is 12.0. The average Bonchev–Trinajstić information content (AvgIpc) is 2.90. The SMILES string of the molecule is Cc1cc(C(=O)NCc2sccc2C#CCN)ccn1. The van der Waals surface area contributed by atoms with E-state index in [0.717, 1.165) is 16.1 Å². The highest BCUT2D eigenvalue weighted by molar-refractivity contribution is 7.10. The molecule has 2 aromatic rings. The van der Waals surface area contributed by atoms with Crippen molar-refractivity contribution in [2.24, 2.45) is 5.73 Å². The number of amides is 1. The number of nitrogens with zero attached hydrogens (tertiary/aromatic N) is 1. The van der Waals surface area contributed by atoms with E-state index in [1.807, 2.05) is 18.4 Å². The Bertz CT molecular complexity index is 667. The molecular weight excluding hydrogens is 270 g/mol. The zero-order valence-electron chi connectivity index (χ0n) is 11.1. The Balaban J connectivity index is 2.02. The van der Waals surface area contributed by atoms with Gasteiger partial charge in [0.15, 0.2) is 0 Å². The molecule has 0 fully saturated rings. The van der Waals surface area contributed by atoms with Gasteiger partial charge in [-0.1, -0.05) is 11.8 Å². The van der Waals surface area contributed by atoms with E-state index in [1.165, 1.54) is 0 Å². The molecule has 2 heterocycles. The van der Waals surface area contributed by atoms with Crippen LogP contribution in [-0.4, -0.2) is 17.4 Å². The minimum Gasteiger partial charge on any atom is -0.347 e. The van der Waals surface area contributed by atoms with E-state index < -0.39 is 0 Å². The van der Waals surface area contributed by atoms with Gasteiger partial charge in [-0.15, -0.1) is 11.3 Å². The number of hydrogen-bond acceptors (Lipinski definition) is 4. The van der Waals surface area contributed by atoms with Gasteiger partial charge in [0, 0.05) is 27.9 Å². The Morgan fingerprint density at radius 2 is 2.35 bits per heavy atom. The van der Waals surface area contributed by atoms with Crippen molar-refractivity contribution in [2.45, 2.75) is 13.5 Å². The molecule has 0 aliphatic carbocycles. The maximum atomic E-state index is 12.0. The summed E-state index contributed by atoms with van der Waals surface area (Å²) in [5.41, 5.74) is 7.72. The lowest BCUT2D eigenvalue weighted by atomic mass is 10.2. The van der Waals surface area contributed by atoms with Gasteiger partial charge in [0.05, 0.1) is 13.1 Å². The van der Waals surface area contributed by atoms with Crippen molar-refractivity contribution >= 4 is 17.2 Å². The number of rotatable bonds is 3. The molecule has 3 N–H and O–H groups in total. The molecule has 20 heavy (non-hydrogen) atoms. The van der Waals surface area contributed by atoms with E-state index in [2.05, 4.69) is 22.1 Å². The third-order valence-corrected chi connectivity index (χ3v) is 3.56. The summed E-state index contributed by atoms with van der Waals surface area (Å²) in [6.45, 7) is 2.65. The molecule has 0 bridgehead atoms. The van der Waals surface area contributed by atoms with Crippen LogP contribution in [0.1, 0.15) is 26.5 Å². The Labute approximate surface area is 122 Å². The van der Waals surface area contributed by atoms with Crippen molar-refractivity contribution in [1.29, 1.82) is 0 Å². The summed E-state index contributed by atoms with van der Waals surface area (Å²) in [5, 5.41) is 4.85. The molecular formula is C15H15N3OS. The third kappa shape index (κ3) is 3.67. The molecule has 2 rings (SSSR count). The number of thiophene rings is 1. The van der Waals surface area contributed by atoms with Crippen molar-refractivity contribution in [1.82, 2.24) is 10.3 Å². The molecule has 0 unspecified atom stereocenters. The predicted molar refractivity (Wildman–Crippen MR) is 80.4 cm³/mol. The summed E-state index contributed by atoms with van der Waals surface area (Å²) in [6, 6.07) is 5.40. The number of aromatic nitrogens is 1. The monoisotopic (exact) mass is 285 g/mol. The summed E-state index contributed by atoms with van der Waals surface area (Å²) >= 11 is 1.57. The van der Waals surface area contributed by atoms with Gasteiger partial charge in [0.1, 0.15) is 0 Å². The lowest BCUT2D eigenvalue weighted by molar-refractivity contribution is 0.0951. The third-order valence-electron chi connectivity index (χ3n) is 2.64. The molecule has 0 spiro atoms. The van der Waals surface area contributed by atoms with Gasteiger partial charge >= 0.3 is 0 Å². The predicted octanol–water partition coefficient (Wildman–Crippen LogP) is 1.69. The van der Waals surface area contributed by atoms with Crippen LogP contribution in [0.3, 0.4) is 0 Å². The quantitative estimate of drug-likeness (QED) is 0.843. The van der Waals surface area contributed by atoms with Gasteiger partial charge < -0.3 is 11.1 Å². The Hall–Kier alpha value is -2.16. The van der Waals surface area contributed by atoms with Gasteiger partial charge in [-0.05, 0) is 30.5 Å². The van der Waals surface area contributed by atoms with E-state index in [4.69, 9.17) is 5.73 Å². The largest absolute Gasteiger partial charge is 0.347 e. The van der Waals surface area contributed by atoms with Crippen LogP contribution in [0.4, 0.5) is 0 Å². The first-order chi connectivity index (χ1) is 9.70. The maximum absolute atomic E-state index is 12.0. The molecule has 0 radical (unpaired) electrons. The van der Waals surface area contributed by atoms with Crippen LogP contribution in [0.15, 0.2) is 29.8 Å². The molecule has 102 valence electrons. The lowest BCUT2D eigenvalue weighted by Gasteiger charge is -2.04. The number of nitrogens with one attached hydrogen (secondary N) is 1. The number of pyridine rings is 1. The van der Waals surface area contributed by atoms with Crippen molar-refractivity contribution < 1.29 is 4.79 Å². The molecule has 0 saturated carbocycles. The lowest BCUT2D eigenvalue weighted by Crippen LogP contribution is -2.22. The van der Waals surface area contributed by atoms with Gasteiger partial charge in [0.25, 0.3) is 5.91 Å². The molecule has 0 aromatic carbocycles. The Kier molecular flexibility index (Phi) is 4.88. The molecule has 2 aromatic heterocycles. The maximum Gasteiger partial charge on any atom is 0.251 e. The fourth-order valence-corrected chi connectivity index (χ4v) is 2.45. The average molecular weight is 285 g/mol. The van der Waals surface area contributed by atoms with Crippen LogP contribution in [0, 0.1) is 18.8 Å². The summed E-state index contributed by atoms with van der Waals surface area (Å²) in [4.78, 5) is 17.1. The van der Waals surface area contributed by atoms with Crippen LogP contribution in [-0.2, 0) is 6.54 Å². The van der Waals surface area contributed by atoms with E-state index in [0.29, 0.717) is 18.7 Å². The summed E-state index contributed by atoms with van der Waals surface area (Å²) in [7, 11) is 0. The Morgan fingerprint density at radius 1 is 1.50 bits per heavy atom. The second kappa shape index (κ2) is 6.85. The highest BCUT2D eigenvalue weighted by atomic mass is 32.1. The Morgan fingerprint density at radius 3 is 3.10 bits per heavy atom. The summed E-state index contributed by atoms with van der Waals surface area (Å²) < 4.78 is 0. The molecule has 5 heteroatoms. The van der Waals surface area contributed by atoms with Crippen molar-refractivity contribution in [2.75, 3.05) is 6.54 Å². The number of nitrogens with two attached hydrogens (primary N) is 1. The molecule has 0 saturated heterocycles. The number of aryl methyl sites for hydroxylation is 1. The van der Waals surface area contributed by atoms with E-state index in [-0.39, 0.29) is 5.91 Å². The first-order valence-corrected chi connectivity index (χ1v) is 7.05. The van der Waals surface area contributed by atoms with Crippen molar-refractivity contribution in [3.05, 3.63) is 51.5 Å². The second-order valence-corrected chi connectivity index (χ2v) is 5.13. The van der Waals surface area contributed by atoms with Crippen molar-refractivity contribution in [3.8, 4) is 11.8 Å². The zero-order chi connectivity index (χ0) is 14.4. The normalized spacial score (nSPS) is 9.70. The standard InChI is InChI=1S/C15H15N3OS/c1-11-9-13(4-7-17-11)15(19)18-10-14-12(3-2-6-16)5-8-20-14/h4-5,7-9H,6,10,16H2,1H3,(H,18,19).